The second-order valence-electron chi connectivity index (χ2n) is 4.43. The maximum absolute atomic E-state index is 12.4. The number of aliphatic carboxylic acids is 1. The molecule has 19 heavy (non-hydrogen) atoms. The van der Waals surface area contributed by atoms with Crippen LogP contribution in [0.4, 0.5) is 5.69 Å². The van der Waals surface area contributed by atoms with Crippen LogP contribution in [-0.2, 0) is 9.59 Å². The number of nitrogens with one attached hydrogen (secondary N) is 1. The van der Waals surface area contributed by atoms with Crippen LogP contribution in [0.5, 0.6) is 0 Å². The van der Waals surface area contributed by atoms with Crippen molar-refractivity contribution < 1.29 is 14.7 Å². The molecule has 0 aliphatic carbocycles. The summed E-state index contributed by atoms with van der Waals surface area (Å²) < 4.78 is 0.893. The molecule has 1 amide bonds. The summed E-state index contributed by atoms with van der Waals surface area (Å²) in [6.45, 7) is 1.24. The number of anilines is 1. The summed E-state index contributed by atoms with van der Waals surface area (Å²) in [5.41, 5.74) is 0.790. The monoisotopic (exact) mass is 326 g/mol. The molecule has 6 heteroatoms. The molecule has 0 aromatic heterocycles. The Morgan fingerprint density at radius 3 is 3.00 bits per heavy atom. The average Bonchev–Trinajstić information content (AvgIpc) is 2.52. The number of carboxylic acids is 1. The molecule has 1 aromatic carbocycles. The van der Waals surface area contributed by atoms with Crippen molar-refractivity contribution in [2.24, 2.45) is 0 Å². The van der Waals surface area contributed by atoms with Crippen LogP contribution in [0.25, 0.3) is 0 Å². The molecule has 0 spiro atoms. The highest BCUT2D eigenvalue weighted by atomic mass is 79.9. The van der Waals surface area contributed by atoms with E-state index in [1.807, 2.05) is 24.3 Å². The Balaban J connectivity index is 2.23. The van der Waals surface area contributed by atoms with Crippen molar-refractivity contribution in [3.63, 3.8) is 0 Å². The molecule has 1 heterocycles. The standard InChI is InChI=1S/C13H15BrN2O3/c14-9-3-1-4-10(7-9)16-6-2-5-15-11(13(16)19)8-12(17)18/h1,3-4,7,11,15H,2,5-6,8H2,(H,17,18). The third kappa shape index (κ3) is 3.54. The zero-order valence-corrected chi connectivity index (χ0v) is 11.9. The second-order valence-corrected chi connectivity index (χ2v) is 5.34. The molecular weight excluding hydrogens is 312 g/mol. The summed E-state index contributed by atoms with van der Waals surface area (Å²) in [6, 6.07) is 6.81. The predicted octanol–water partition coefficient (Wildman–Crippen LogP) is 1.62. The van der Waals surface area contributed by atoms with Crippen LogP contribution in [0.3, 0.4) is 0 Å². The molecule has 0 saturated carbocycles. The minimum absolute atomic E-state index is 0.182. The van der Waals surface area contributed by atoms with Crippen LogP contribution in [0.2, 0.25) is 0 Å². The number of carboxylic acid groups (broad SMARTS) is 1. The molecular formula is C13H15BrN2O3. The lowest BCUT2D eigenvalue weighted by atomic mass is 10.1. The fourth-order valence-electron chi connectivity index (χ4n) is 2.13. The van der Waals surface area contributed by atoms with Crippen molar-refractivity contribution in [2.75, 3.05) is 18.0 Å². The molecule has 0 radical (unpaired) electrons. The van der Waals surface area contributed by atoms with Crippen molar-refractivity contribution in [2.45, 2.75) is 18.9 Å². The summed E-state index contributed by atoms with van der Waals surface area (Å²) in [5, 5.41) is 11.9. The Morgan fingerprint density at radius 1 is 1.53 bits per heavy atom. The lowest BCUT2D eigenvalue weighted by Gasteiger charge is -2.24. The summed E-state index contributed by atoms with van der Waals surface area (Å²) in [4.78, 5) is 24.8. The molecule has 1 aliphatic heterocycles. The van der Waals surface area contributed by atoms with E-state index in [0.29, 0.717) is 13.1 Å². The van der Waals surface area contributed by atoms with E-state index in [4.69, 9.17) is 5.11 Å². The highest BCUT2D eigenvalue weighted by Crippen LogP contribution is 2.22. The molecule has 1 fully saturated rings. The van der Waals surface area contributed by atoms with Gasteiger partial charge in [-0.15, -0.1) is 0 Å². The van der Waals surface area contributed by atoms with Gasteiger partial charge >= 0.3 is 5.97 Å². The van der Waals surface area contributed by atoms with E-state index in [1.54, 1.807) is 4.90 Å². The zero-order valence-electron chi connectivity index (χ0n) is 10.3. The van der Waals surface area contributed by atoms with Crippen LogP contribution in [0, 0.1) is 0 Å². The SMILES string of the molecule is O=C(O)CC1NCCCN(c2cccc(Br)c2)C1=O. The van der Waals surface area contributed by atoms with Gasteiger partial charge in [0.1, 0.15) is 0 Å². The van der Waals surface area contributed by atoms with Crippen molar-refractivity contribution >= 4 is 33.5 Å². The molecule has 1 unspecified atom stereocenters. The van der Waals surface area contributed by atoms with Gasteiger partial charge in [0, 0.05) is 16.7 Å². The maximum atomic E-state index is 12.4. The number of rotatable bonds is 3. The number of hydrogen-bond acceptors (Lipinski definition) is 3. The Labute approximate surface area is 119 Å². The fraction of sp³-hybridized carbons (Fsp3) is 0.385. The quantitative estimate of drug-likeness (QED) is 0.885. The van der Waals surface area contributed by atoms with E-state index in [1.165, 1.54) is 0 Å². The van der Waals surface area contributed by atoms with Gasteiger partial charge in [0.05, 0.1) is 12.5 Å². The summed E-state index contributed by atoms with van der Waals surface area (Å²) in [5.74, 6) is -1.15. The maximum Gasteiger partial charge on any atom is 0.305 e. The van der Waals surface area contributed by atoms with E-state index in [0.717, 1.165) is 16.6 Å². The molecule has 5 nitrogen and oxygen atoms in total. The Morgan fingerprint density at radius 2 is 2.32 bits per heavy atom. The minimum atomic E-state index is -0.970. The lowest BCUT2D eigenvalue weighted by molar-refractivity contribution is -0.139. The smallest absolute Gasteiger partial charge is 0.305 e. The van der Waals surface area contributed by atoms with Gasteiger partial charge in [-0.25, -0.2) is 0 Å². The Bertz CT molecular complexity index is 493. The van der Waals surface area contributed by atoms with Gasteiger partial charge < -0.3 is 15.3 Å². The van der Waals surface area contributed by atoms with Crippen molar-refractivity contribution in [1.82, 2.24) is 5.32 Å². The van der Waals surface area contributed by atoms with Crippen molar-refractivity contribution in [3.8, 4) is 0 Å². The number of halogens is 1. The molecule has 1 atom stereocenters. The summed E-state index contributed by atoms with van der Waals surface area (Å²) in [7, 11) is 0. The highest BCUT2D eigenvalue weighted by molar-refractivity contribution is 9.10. The van der Waals surface area contributed by atoms with Gasteiger partial charge in [0.25, 0.3) is 0 Å². The largest absolute Gasteiger partial charge is 0.481 e. The zero-order chi connectivity index (χ0) is 13.8. The first-order chi connectivity index (χ1) is 9.08. The van der Waals surface area contributed by atoms with E-state index in [9.17, 15) is 9.59 Å². The third-order valence-electron chi connectivity index (χ3n) is 3.01. The number of carbonyl (C=O) groups is 2. The number of amides is 1. The minimum Gasteiger partial charge on any atom is -0.481 e. The predicted molar refractivity (Wildman–Crippen MR) is 75.2 cm³/mol. The van der Waals surface area contributed by atoms with Gasteiger partial charge in [-0.05, 0) is 31.2 Å². The second kappa shape index (κ2) is 6.16. The molecule has 0 bridgehead atoms. The summed E-state index contributed by atoms with van der Waals surface area (Å²) >= 11 is 3.38. The van der Waals surface area contributed by atoms with Gasteiger partial charge in [-0.3, -0.25) is 9.59 Å². The van der Waals surface area contributed by atoms with E-state index >= 15 is 0 Å². The molecule has 1 saturated heterocycles. The fourth-order valence-corrected chi connectivity index (χ4v) is 2.52. The number of nitrogens with zero attached hydrogens (tertiary/aromatic N) is 1. The molecule has 2 N–H and O–H groups in total. The van der Waals surface area contributed by atoms with Crippen LogP contribution in [0.15, 0.2) is 28.7 Å². The van der Waals surface area contributed by atoms with Crippen molar-refractivity contribution in [3.05, 3.63) is 28.7 Å². The number of carbonyl (C=O) groups excluding carboxylic acids is 1. The van der Waals surface area contributed by atoms with E-state index < -0.39 is 12.0 Å². The van der Waals surface area contributed by atoms with E-state index in [2.05, 4.69) is 21.2 Å². The number of benzene rings is 1. The molecule has 1 aliphatic rings. The summed E-state index contributed by atoms with van der Waals surface area (Å²) in [6.07, 6.45) is 0.609. The molecule has 102 valence electrons. The first kappa shape index (κ1) is 14.0. The first-order valence-corrected chi connectivity index (χ1v) is 6.89. The van der Waals surface area contributed by atoms with Crippen molar-refractivity contribution in [1.29, 1.82) is 0 Å². The first-order valence-electron chi connectivity index (χ1n) is 6.10. The Kier molecular flexibility index (Phi) is 4.55. The lowest BCUT2D eigenvalue weighted by Crippen LogP contribution is -2.44. The van der Waals surface area contributed by atoms with Gasteiger partial charge in [0.15, 0.2) is 0 Å². The van der Waals surface area contributed by atoms with E-state index in [-0.39, 0.29) is 12.3 Å². The molecule has 2 rings (SSSR count). The van der Waals surface area contributed by atoms with Gasteiger partial charge in [-0.1, -0.05) is 22.0 Å². The third-order valence-corrected chi connectivity index (χ3v) is 3.51. The van der Waals surface area contributed by atoms with Crippen LogP contribution in [-0.4, -0.2) is 36.1 Å². The van der Waals surface area contributed by atoms with Gasteiger partial charge in [0.2, 0.25) is 5.91 Å². The highest BCUT2D eigenvalue weighted by Gasteiger charge is 2.29. The van der Waals surface area contributed by atoms with Crippen LogP contribution >= 0.6 is 15.9 Å². The van der Waals surface area contributed by atoms with Crippen LogP contribution < -0.4 is 10.2 Å². The van der Waals surface area contributed by atoms with Crippen LogP contribution in [0.1, 0.15) is 12.8 Å². The van der Waals surface area contributed by atoms with Gasteiger partial charge in [-0.2, -0.15) is 0 Å². The normalized spacial score (nSPS) is 20.2. The topological polar surface area (TPSA) is 69.6 Å². The average molecular weight is 327 g/mol. The molecule has 1 aromatic rings. The number of hydrogen-bond donors (Lipinski definition) is 2. The Hall–Kier alpha value is -1.40.